The Morgan fingerprint density at radius 2 is 1.65 bits per heavy atom. The molecule has 4 nitrogen and oxygen atoms in total. The van der Waals surface area contributed by atoms with Gasteiger partial charge in [-0.25, -0.2) is 4.79 Å². The minimum Gasteiger partial charge on any atom is -0.478 e. The number of hydroxylamine groups is 2. The molecule has 97 valence electrons. The normalized spacial score (nSPS) is 22.5. The molecule has 1 aliphatic heterocycles. The van der Waals surface area contributed by atoms with Gasteiger partial charge in [-0.05, 0) is 31.8 Å². The number of aliphatic carboxylic acids is 1. The molecule has 0 atom stereocenters. The van der Waals surface area contributed by atoms with E-state index in [4.69, 9.17) is 0 Å². The molecule has 0 aromatic carbocycles. The van der Waals surface area contributed by atoms with Crippen molar-refractivity contribution in [2.45, 2.75) is 64.5 Å². The first-order chi connectivity index (χ1) is 7.94. The molecule has 1 N–H and O–H groups in total. The Balaban J connectivity index is 3.35. The van der Waals surface area contributed by atoms with Crippen LogP contribution in [-0.2, 0) is 10.0 Å². The van der Waals surface area contributed by atoms with Crippen LogP contribution >= 0.6 is 0 Å². The largest absolute Gasteiger partial charge is 0.478 e. The van der Waals surface area contributed by atoms with Crippen molar-refractivity contribution in [2.24, 2.45) is 0 Å². The summed E-state index contributed by atoms with van der Waals surface area (Å²) in [6.45, 7) is 7.64. The summed E-state index contributed by atoms with van der Waals surface area (Å²) < 4.78 is 0. The highest BCUT2D eigenvalue weighted by Crippen LogP contribution is 2.46. The quantitative estimate of drug-likeness (QED) is 0.803. The fourth-order valence-corrected chi connectivity index (χ4v) is 2.92. The molecule has 1 rings (SSSR count). The molecule has 17 heavy (non-hydrogen) atoms. The Bertz CT molecular complexity index is 328. The van der Waals surface area contributed by atoms with Crippen LogP contribution in [0.2, 0.25) is 0 Å². The molecule has 0 fully saturated rings. The van der Waals surface area contributed by atoms with Gasteiger partial charge in [-0.15, -0.1) is 10.3 Å². The molecule has 0 saturated heterocycles. The van der Waals surface area contributed by atoms with Gasteiger partial charge < -0.3 is 5.11 Å². The fraction of sp³-hybridized carbons (Fsp3) is 0.769. The molecular formula is C13H22NO3. The van der Waals surface area contributed by atoms with Crippen molar-refractivity contribution in [1.29, 1.82) is 0 Å². The van der Waals surface area contributed by atoms with Crippen LogP contribution in [0.25, 0.3) is 0 Å². The number of carboxylic acids is 1. The molecule has 1 aliphatic rings. The van der Waals surface area contributed by atoms with Gasteiger partial charge >= 0.3 is 5.97 Å². The maximum Gasteiger partial charge on any atom is 0.333 e. The summed E-state index contributed by atoms with van der Waals surface area (Å²) in [4.78, 5) is 11.4. The van der Waals surface area contributed by atoms with Gasteiger partial charge in [0.2, 0.25) is 0 Å². The van der Waals surface area contributed by atoms with Crippen LogP contribution in [0, 0.1) is 0 Å². The average molecular weight is 240 g/mol. The van der Waals surface area contributed by atoms with E-state index in [0.29, 0.717) is 25.7 Å². The van der Waals surface area contributed by atoms with Crippen molar-refractivity contribution in [3.63, 3.8) is 0 Å². The first kappa shape index (κ1) is 14.2. The van der Waals surface area contributed by atoms with Gasteiger partial charge in [0.1, 0.15) is 0 Å². The number of rotatable bonds is 5. The minimum atomic E-state index is -0.960. The highest BCUT2D eigenvalue weighted by Gasteiger charge is 2.55. The first-order valence-electron chi connectivity index (χ1n) is 6.38. The van der Waals surface area contributed by atoms with E-state index in [1.165, 1.54) is 0 Å². The topological polar surface area (TPSA) is 60.4 Å². The molecule has 1 radical (unpaired) electrons. The number of carboxylic acid groups (broad SMARTS) is 1. The zero-order valence-electron chi connectivity index (χ0n) is 11.1. The smallest absolute Gasteiger partial charge is 0.333 e. The van der Waals surface area contributed by atoms with Crippen LogP contribution < -0.4 is 0 Å². The molecule has 0 saturated carbocycles. The summed E-state index contributed by atoms with van der Waals surface area (Å²) in [5.74, 6) is -0.960. The second-order valence-corrected chi connectivity index (χ2v) is 4.71. The van der Waals surface area contributed by atoms with Crippen LogP contribution in [0.3, 0.4) is 0 Å². The van der Waals surface area contributed by atoms with Crippen LogP contribution in [0.4, 0.5) is 0 Å². The molecule has 0 aliphatic carbocycles. The van der Waals surface area contributed by atoms with Crippen LogP contribution in [0.5, 0.6) is 0 Å². The summed E-state index contributed by atoms with van der Waals surface area (Å²) in [5, 5.41) is 23.0. The molecule has 1 heterocycles. The highest BCUT2D eigenvalue weighted by molar-refractivity contribution is 5.90. The van der Waals surface area contributed by atoms with Gasteiger partial charge in [0.05, 0.1) is 16.7 Å². The standard InChI is InChI=1S/C13H22NO3/c1-5-12(6-2)9-10(11(15)16)13(7-3,8-4)14(12)17/h9H,5-8H2,1-4H3,(H,15,16). The molecule has 0 amide bonds. The van der Waals surface area contributed by atoms with E-state index in [0.717, 1.165) is 5.06 Å². The summed E-state index contributed by atoms with van der Waals surface area (Å²) in [5.41, 5.74) is -1.21. The van der Waals surface area contributed by atoms with Crippen LogP contribution in [0.1, 0.15) is 53.4 Å². The van der Waals surface area contributed by atoms with Crippen molar-refractivity contribution < 1.29 is 15.1 Å². The lowest BCUT2D eigenvalue weighted by Gasteiger charge is -2.40. The van der Waals surface area contributed by atoms with Gasteiger partial charge in [0, 0.05) is 0 Å². The summed E-state index contributed by atoms with van der Waals surface area (Å²) in [6.07, 6.45) is 4.05. The van der Waals surface area contributed by atoms with Crippen molar-refractivity contribution in [2.75, 3.05) is 0 Å². The van der Waals surface area contributed by atoms with Gasteiger partial charge in [-0.1, -0.05) is 27.7 Å². The monoisotopic (exact) mass is 240 g/mol. The molecule has 0 aromatic heterocycles. The van der Waals surface area contributed by atoms with E-state index < -0.39 is 17.0 Å². The Labute approximate surface area is 103 Å². The Hall–Kier alpha value is -0.870. The number of hydrogen-bond acceptors (Lipinski definition) is 2. The van der Waals surface area contributed by atoms with E-state index in [1.54, 1.807) is 6.08 Å². The predicted octanol–water partition coefficient (Wildman–Crippen LogP) is 2.78. The zero-order valence-corrected chi connectivity index (χ0v) is 11.1. The average Bonchev–Trinajstić information content (AvgIpc) is 2.60. The molecule has 4 heteroatoms. The Morgan fingerprint density at radius 3 is 1.88 bits per heavy atom. The van der Waals surface area contributed by atoms with Gasteiger partial charge in [0.15, 0.2) is 0 Å². The lowest BCUT2D eigenvalue weighted by Crippen LogP contribution is -2.53. The summed E-state index contributed by atoms with van der Waals surface area (Å²) >= 11 is 0. The van der Waals surface area contributed by atoms with Crippen molar-refractivity contribution in [3.05, 3.63) is 11.6 Å². The molecule has 0 spiro atoms. The van der Waals surface area contributed by atoms with E-state index in [-0.39, 0.29) is 5.57 Å². The summed E-state index contributed by atoms with van der Waals surface area (Å²) in [6, 6.07) is 0. The third-order valence-corrected chi connectivity index (χ3v) is 4.33. The van der Waals surface area contributed by atoms with E-state index in [9.17, 15) is 15.1 Å². The first-order valence-corrected chi connectivity index (χ1v) is 6.38. The second-order valence-electron chi connectivity index (χ2n) is 4.71. The van der Waals surface area contributed by atoms with Crippen LogP contribution in [0.15, 0.2) is 11.6 Å². The maximum atomic E-state index is 12.6. The number of nitrogens with zero attached hydrogens (tertiary/aromatic N) is 1. The maximum absolute atomic E-state index is 12.6. The van der Waals surface area contributed by atoms with E-state index >= 15 is 0 Å². The van der Waals surface area contributed by atoms with Gasteiger partial charge in [-0.2, -0.15) is 0 Å². The fourth-order valence-electron chi connectivity index (χ4n) is 2.92. The Kier molecular flexibility index (Phi) is 3.99. The highest BCUT2D eigenvalue weighted by atomic mass is 16.5. The van der Waals surface area contributed by atoms with Gasteiger partial charge in [-0.3, -0.25) is 0 Å². The SMILES string of the molecule is CCC1(CC)C=C(C(=O)O)C(CC)(CC)N1[O]. The van der Waals surface area contributed by atoms with Crippen molar-refractivity contribution >= 4 is 5.97 Å². The lowest BCUT2D eigenvalue weighted by molar-refractivity contribution is -0.258. The van der Waals surface area contributed by atoms with Crippen molar-refractivity contribution in [1.82, 2.24) is 5.06 Å². The van der Waals surface area contributed by atoms with Crippen LogP contribution in [-0.4, -0.2) is 27.2 Å². The minimum absolute atomic E-state index is 0.279. The second kappa shape index (κ2) is 4.78. The van der Waals surface area contributed by atoms with E-state index in [2.05, 4.69) is 0 Å². The van der Waals surface area contributed by atoms with Crippen molar-refractivity contribution in [3.8, 4) is 0 Å². The predicted molar refractivity (Wildman–Crippen MR) is 64.9 cm³/mol. The molecule has 0 aromatic rings. The number of hydrogen-bond donors (Lipinski definition) is 1. The third kappa shape index (κ3) is 1.79. The van der Waals surface area contributed by atoms with E-state index in [1.807, 2.05) is 27.7 Å². The Morgan fingerprint density at radius 1 is 1.18 bits per heavy atom. The number of carbonyl (C=O) groups is 1. The van der Waals surface area contributed by atoms with Gasteiger partial charge in [0.25, 0.3) is 0 Å². The molecular weight excluding hydrogens is 218 g/mol. The molecule has 0 bridgehead atoms. The summed E-state index contributed by atoms with van der Waals surface area (Å²) in [7, 11) is 0. The molecule has 0 unspecified atom stereocenters. The third-order valence-electron chi connectivity index (χ3n) is 4.33. The zero-order chi connectivity index (χ0) is 13.3. The lowest BCUT2D eigenvalue weighted by atomic mass is 9.86.